The average Bonchev–Trinajstić information content (AvgIpc) is 2.41. The molecule has 0 saturated carbocycles. The molecule has 18 heavy (non-hydrogen) atoms. The lowest BCUT2D eigenvalue weighted by atomic mass is 10.1. The fourth-order valence-electron chi connectivity index (χ4n) is 1.70. The summed E-state index contributed by atoms with van der Waals surface area (Å²) in [5.41, 5.74) is 1.27. The summed E-state index contributed by atoms with van der Waals surface area (Å²) in [6.45, 7) is 2.13. The van der Waals surface area contributed by atoms with Crippen molar-refractivity contribution in [2.45, 2.75) is 23.1 Å². The summed E-state index contributed by atoms with van der Waals surface area (Å²) < 4.78 is 5.24. The number of aryl methyl sites for hydroxylation is 1. The zero-order valence-corrected chi connectivity index (χ0v) is 11.3. The quantitative estimate of drug-likeness (QED) is 0.897. The first-order valence-corrected chi connectivity index (χ1v) is 6.68. The van der Waals surface area contributed by atoms with Gasteiger partial charge < -0.3 is 9.84 Å². The maximum absolute atomic E-state index is 9.27. The highest BCUT2D eigenvalue weighted by atomic mass is 32.2. The average molecular weight is 260 g/mol. The number of rotatable bonds is 4. The van der Waals surface area contributed by atoms with Gasteiger partial charge in [-0.2, -0.15) is 0 Å². The van der Waals surface area contributed by atoms with Crippen LogP contribution in [0.3, 0.4) is 0 Å². The number of phenolic OH excluding ortho intramolecular Hbond substituents is 1. The molecule has 0 fully saturated rings. The van der Waals surface area contributed by atoms with E-state index in [1.807, 2.05) is 18.2 Å². The highest BCUT2D eigenvalue weighted by molar-refractivity contribution is 7.99. The standard InChI is InChI=1S/C15H16O2S/c1-3-11-10-13(17-2)6-9-15(11)18-14-7-4-12(16)5-8-14/h4-10,16H,3H2,1-2H3. The molecule has 94 valence electrons. The van der Waals surface area contributed by atoms with E-state index in [4.69, 9.17) is 4.74 Å². The van der Waals surface area contributed by atoms with Crippen molar-refractivity contribution in [2.75, 3.05) is 7.11 Å². The maximum atomic E-state index is 9.27. The highest BCUT2D eigenvalue weighted by Gasteiger charge is 2.05. The molecule has 1 N–H and O–H groups in total. The Labute approximate surface area is 112 Å². The van der Waals surface area contributed by atoms with E-state index in [-0.39, 0.29) is 0 Å². The fourth-order valence-corrected chi connectivity index (χ4v) is 2.70. The lowest BCUT2D eigenvalue weighted by Gasteiger charge is -2.09. The van der Waals surface area contributed by atoms with E-state index in [1.54, 1.807) is 31.0 Å². The van der Waals surface area contributed by atoms with E-state index in [9.17, 15) is 5.11 Å². The van der Waals surface area contributed by atoms with Crippen LogP contribution in [-0.4, -0.2) is 12.2 Å². The molecule has 0 saturated heterocycles. The molecule has 0 radical (unpaired) electrons. The number of hydrogen-bond acceptors (Lipinski definition) is 3. The molecule has 0 unspecified atom stereocenters. The van der Waals surface area contributed by atoms with E-state index in [2.05, 4.69) is 19.1 Å². The number of ether oxygens (including phenoxy) is 1. The van der Waals surface area contributed by atoms with Gasteiger partial charge in [0.05, 0.1) is 7.11 Å². The van der Waals surface area contributed by atoms with Gasteiger partial charge in [0.15, 0.2) is 0 Å². The van der Waals surface area contributed by atoms with Crippen molar-refractivity contribution >= 4 is 11.8 Å². The molecule has 0 heterocycles. The number of phenols is 1. The molecule has 0 spiro atoms. The molecule has 2 rings (SSSR count). The van der Waals surface area contributed by atoms with Gasteiger partial charge in [0.1, 0.15) is 11.5 Å². The van der Waals surface area contributed by atoms with Crippen molar-refractivity contribution in [1.82, 2.24) is 0 Å². The molecular weight excluding hydrogens is 244 g/mol. The number of methoxy groups -OCH3 is 1. The third-order valence-electron chi connectivity index (χ3n) is 2.71. The van der Waals surface area contributed by atoms with Crippen LogP contribution < -0.4 is 4.74 Å². The van der Waals surface area contributed by atoms with Crippen LogP contribution in [0.1, 0.15) is 12.5 Å². The molecule has 2 aromatic rings. The minimum atomic E-state index is 0.296. The lowest BCUT2D eigenvalue weighted by molar-refractivity contribution is 0.414. The third kappa shape index (κ3) is 2.99. The van der Waals surface area contributed by atoms with Crippen LogP contribution in [0.25, 0.3) is 0 Å². The third-order valence-corrected chi connectivity index (χ3v) is 3.84. The van der Waals surface area contributed by atoms with Crippen LogP contribution in [-0.2, 0) is 6.42 Å². The predicted molar refractivity (Wildman–Crippen MR) is 74.6 cm³/mol. The SMILES string of the molecule is CCc1cc(OC)ccc1Sc1ccc(O)cc1. The lowest BCUT2D eigenvalue weighted by Crippen LogP contribution is -1.89. The summed E-state index contributed by atoms with van der Waals surface area (Å²) in [5.74, 6) is 1.19. The van der Waals surface area contributed by atoms with Crippen LogP contribution in [0.4, 0.5) is 0 Å². The number of aromatic hydroxyl groups is 1. The Morgan fingerprint density at radius 1 is 1.11 bits per heavy atom. The molecule has 0 bridgehead atoms. The molecule has 0 aliphatic rings. The molecule has 0 aliphatic carbocycles. The van der Waals surface area contributed by atoms with Gasteiger partial charge >= 0.3 is 0 Å². The van der Waals surface area contributed by atoms with Crippen molar-refractivity contribution in [2.24, 2.45) is 0 Å². The summed E-state index contributed by atoms with van der Waals surface area (Å²) in [4.78, 5) is 2.34. The summed E-state index contributed by atoms with van der Waals surface area (Å²) in [6, 6.07) is 13.4. The Bertz CT molecular complexity index is 521. The molecule has 2 nitrogen and oxygen atoms in total. The Hall–Kier alpha value is -1.61. The van der Waals surface area contributed by atoms with Crippen molar-refractivity contribution in [3.63, 3.8) is 0 Å². The van der Waals surface area contributed by atoms with E-state index >= 15 is 0 Å². The number of benzene rings is 2. The first kappa shape index (κ1) is 12.8. The minimum Gasteiger partial charge on any atom is -0.508 e. The normalized spacial score (nSPS) is 10.3. The van der Waals surface area contributed by atoms with Crippen molar-refractivity contribution in [3.05, 3.63) is 48.0 Å². The van der Waals surface area contributed by atoms with Gasteiger partial charge in [-0.1, -0.05) is 18.7 Å². The molecule has 0 amide bonds. The molecule has 3 heteroatoms. The van der Waals surface area contributed by atoms with Gasteiger partial charge in [-0.05, 0) is 54.4 Å². The first-order valence-electron chi connectivity index (χ1n) is 5.86. The minimum absolute atomic E-state index is 0.296. The van der Waals surface area contributed by atoms with Gasteiger partial charge in [0, 0.05) is 9.79 Å². The second-order valence-corrected chi connectivity index (χ2v) is 5.04. The van der Waals surface area contributed by atoms with Crippen LogP contribution in [0, 0.1) is 0 Å². The second kappa shape index (κ2) is 5.83. The van der Waals surface area contributed by atoms with Crippen LogP contribution in [0.5, 0.6) is 11.5 Å². The summed E-state index contributed by atoms with van der Waals surface area (Å²) in [7, 11) is 1.68. The second-order valence-electron chi connectivity index (χ2n) is 3.92. The molecular formula is C15H16O2S. The fraction of sp³-hybridized carbons (Fsp3) is 0.200. The maximum Gasteiger partial charge on any atom is 0.119 e. The van der Waals surface area contributed by atoms with E-state index < -0.39 is 0 Å². The van der Waals surface area contributed by atoms with Crippen LogP contribution in [0.15, 0.2) is 52.3 Å². The van der Waals surface area contributed by atoms with Gasteiger partial charge in [0.25, 0.3) is 0 Å². The summed E-state index contributed by atoms with van der Waals surface area (Å²) >= 11 is 1.70. The molecule has 0 aliphatic heterocycles. The van der Waals surface area contributed by atoms with Crippen molar-refractivity contribution in [3.8, 4) is 11.5 Å². The highest BCUT2D eigenvalue weighted by Crippen LogP contribution is 2.33. The van der Waals surface area contributed by atoms with Crippen LogP contribution in [0.2, 0.25) is 0 Å². The zero-order valence-electron chi connectivity index (χ0n) is 10.5. The Morgan fingerprint density at radius 3 is 2.44 bits per heavy atom. The van der Waals surface area contributed by atoms with Crippen molar-refractivity contribution in [1.29, 1.82) is 0 Å². The summed E-state index contributed by atoms with van der Waals surface area (Å²) in [6.07, 6.45) is 0.970. The predicted octanol–water partition coefficient (Wildman–Crippen LogP) is 4.11. The first-order chi connectivity index (χ1) is 8.72. The van der Waals surface area contributed by atoms with Crippen LogP contribution >= 0.6 is 11.8 Å². The molecule has 2 aromatic carbocycles. The van der Waals surface area contributed by atoms with Gasteiger partial charge in [-0.15, -0.1) is 0 Å². The van der Waals surface area contributed by atoms with Gasteiger partial charge in [0.2, 0.25) is 0 Å². The number of hydrogen-bond donors (Lipinski definition) is 1. The zero-order chi connectivity index (χ0) is 13.0. The van der Waals surface area contributed by atoms with E-state index in [0.29, 0.717) is 5.75 Å². The van der Waals surface area contributed by atoms with E-state index in [0.717, 1.165) is 17.1 Å². The van der Waals surface area contributed by atoms with E-state index in [1.165, 1.54) is 10.5 Å². The Kier molecular flexibility index (Phi) is 4.15. The Morgan fingerprint density at radius 2 is 1.83 bits per heavy atom. The monoisotopic (exact) mass is 260 g/mol. The van der Waals surface area contributed by atoms with Gasteiger partial charge in [-0.3, -0.25) is 0 Å². The summed E-state index contributed by atoms with van der Waals surface area (Å²) in [5, 5.41) is 9.27. The Balaban J connectivity index is 2.25. The smallest absolute Gasteiger partial charge is 0.119 e. The van der Waals surface area contributed by atoms with Crippen molar-refractivity contribution < 1.29 is 9.84 Å². The van der Waals surface area contributed by atoms with Gasteiger partial charge in [-0.25, -0.2) is 0 Å². The molecule has 0 aromatic heterocycles. The topological polar surface area (TPSA) is 29.5 Å². The molecule has 0 atom stereocenters. The largest absolute Gasteiger partial charge is 0.508 e.